The summed E-state index contributed by atoms with van der Waals surface area (Å²) in [6, 6.07) is 8.99. The molecule has 1 aliphatic heterocycles. The molecule has 3 amide bonds. The lowest BCUT2D eigenvalue weighted by Gasteiger charge is -2.26. The molecule has 1 heterocycles. The fourth-order valence-corrected chi connectivity index (χ4v) is 4.07. The highest BCUT2D eigenvalue weighted by atomic mass is 16.5. The average molecular weight is 488 g/mol. The van der Waals surface area contributed by atoms with Crippen LogP contribution >= 0.6 is 0 Å². The van der Waals surface area contributed by atoms with Crippen LogP contribution in [-0.4, -0.2) is 67.8 Å². The maximum Gasteiger partial charge on any atom is 0.222 e. The topological polar surface area (TPSA) is 105 Å². The lowest BCUT2D eigenvalue weighted by molar-refractivity contribution is -0.135. The summed E-state index contributed by atoms with van der Waals surface area (Å²) in [6.07, 6.45) is 5.87. The van der Waals surface area contributed by atoms with E-state index in [1.54, 1.807) is 0 Å². The normalized spacial score (nSPS) is 14.7. The Labute approximate surface area is 209 Å². The van der Waals surface area contributed by atoms with E-state index in [-0.39, 0.29) is 24.1 Å². The molecule has 8 heteroatoms. The maximum absolute atomic E-state index is 12.5. The van der Waals surface area contributed by atoms with Crippen molar-refractivity contribution in [2.75, 3.05) is 32.8 Å². The van der Waals surface area contributed by atoms with Gasteiger partial charge in [0.25, 0.3) is 0 Å². The van der Waals surface area contributed by atoms with Crippen molar-refractivity contribution in [1.29, 1.82) is 0 Å². The standard InChI is InChI=1S/C27H41N3O5/c1-27(2,19-25(33)29-23(20-31)18-22-10-6-5-7-11-22)21-28-24(32)12-8-3-4-9-13-26(34)30-14-16-35-17-15-30/h5-7,10-11,20,23H,3-4,8-9,12-19,21H2,1-2H3,(H,28,32)(H,29,33). The van der Waals surface area contributed by atoms with E-state index in [9.17, 15) is 19.2 Å². The Bertz CT molecular complexity index is 806. The van der Waals surface area contributed by atoms with Crippen LogP contribution in [0.4, 0.5) is 0 Å². The predicted molar refractivity (Wildman–Crippen MR) is 135 cm³/mol. The Morgan fingerprint density at radius 1 is 1.00 bits per heavy atom. The first-order valence-corrected chi connectivity index (χ1v) is 12.7. The van der Waals surface area contributed by atoms with Gasteiger partial charge in [-0.15, -0.1) is 0 Å². The molecule has 1 unspecified atom stereocenters. The Morgan fingerprint density at radius 2 is 1.66 bits per heavy atom. The Balaban J connectivity index is 1.56. The molecule has 194 valence electrons. The third-order valence-corrected chi connectivity index (χ3v) is 6.12. The minimum absolute atomic E-state index is 0.0299. The Kier molecular flexibility index (Phi) is 12.5. The molecule has 1 saturated heterocycles. The molecule has 0 aromatic heterocycles. The van der Waals surface area contributed by atoms with Crippen molar-refractivity contribution in [2.24, 2.45) is 5.41 Å². The molecule has 0 bridgehead atoms. The lowest BCUT2D eigenvalue weighted by atomic mass is 9.88. The predicted octanol–water partition coefficient (Wildman–Crippen LogP) is 2.64. The minimum atomic E-state index is -0.570. The second-order valence-corrected chi connectivity index (χ2v) is 10.0. The number of nitrogens with one attached hydrogen (secondary N) is 2. The van der Waals surface area contributed by atoms with Gasteiger partial charge < -0.3 is 25.1 Å². The number of ether oxygens (including phenoxy) is 1. The van der Waals surface area contributed by atoms with Gasteiger partial charge >= 0.3 is 0 Å². The molecule has 0 radical (unpaired) electrons. The van der Waals surface area contributed by atoms with Crippen LogP contribution in [0.1, 0.15) is 64.4 Å². The first-order valence-electron chi connectivity index (χ1n) is 12.7. The fraction of sp³-hybridized carbons (Fsp3) is 0.630. The SMILES string of the molecule is CC(C)(CNC(=O)CCCCCCC(=O)N1CCOCC1)CC(=O)NC(C=O)Cc1ccccc1. The van der Waals surface area contributed by atoms with Gasteiger partial charge in [-0.2, -0.15) is 0 Å². The van der Waals surface area contributed by atoms with E-state index in [4.69, 9.17) is 4.74 Å². The smallest absolute Gasteiger partial charge is 0.222 e. The van der Waals surface area contributed by atoms with Crippen molar-refractivity contribution in [3.8, 4) is 0 Å². The van der Waals surface area contributed by atoms with E-state index in [0.717, 1.165) is 37.5 Å². The number of hydrogen-bond acceptors (Lipinski definition) is 5. The number of hydrogen-bond donors (Lipinski definition) is 2. The van der Waals surface area contributed by atoms with Crippen molar-refractivity contribution in [3.63, 3.8) is 0 Å². The van der Waals surface area contributed by atoms with Crippen LogP contribution in [0, 0.1) is 5.41 Å². The number of carbonyl (C=O) groups is 4. The van der Waals surface area contributed by atoms with E-state index in [1.807, 2.05) is 49.1 Å². The highest BCUT2D eigenvalue weighted by Crippen LogP contribution is 2.19. The molecule has 0 saturated carbocycles. The van der Waals surface area contributed by atoms with Gasteiger partial charge in [0.15, 0.2) is 0 Å². The van der Waals surface area contributed by atoms with E-state index in [0.29, 0.717) is 52.1 Å². The molecule has 0 spiro atoms. The van der Waals surface area contributed by atoms with E-state index in [2.05, 4.69) is 10.6 Å². The van der Waals surface area contributed by atoms with E-state index in [1.165, 1.54) is 0 Å². The van der Waals surface area contributed by atoms with E-state index >= 15 is 0 Å². The summed E-state index contributed by atoms with van der Waals surface area (Å²) >= 11 is 0. The quantitative estimate of drug-likeness (QED) is 0.292. The first kappa shape index (κ1) is 28.5. The van der Waals surface area contributed by atoms with Crippen LogP contribution in [0.5, 0.6) is 0 Å². The molecular formula is C27H41N3O5. The summed E-state index contributed by atoms with van der Waals surface area (Å²) in [4.78, 5) is 50.1. The van der Waals surface area contributed by atoms with Gasteiger partial charge in [-0.05, 0) is 30.2 Å². The summed E-state index contributed by atoms with van der Waals surface area (Å²) in [6.45, 7) is 6.84. The molecule has 35 heavy (non-hydrogen) atoms. The van der Waals surface area contributed by atoms with Gasteiger partial charge in [0, 0.05) is 38.9 Å². The second-order valence-electron chi connectivity index (χ2n) is 10.0. The highest BCUT2D eigenvalue weighted by molar-refractivity contribution is 5.80. The second kappa shape index (κ2) is 15.3. The van der Waals surface area contributed by atoms with Crippen LogP contribution in [-0.2, 0) is 30.3 Å². The minimum Gasteiger partial charge on any atom is -0.378 e. The van der Waals surface area contributed by atoms with Crippen LogP contribution in [0.3, 0.4) is 0 Å². The molecule has 1 fully saturated rings. The number of amides is 3. The van der Waals surface area contributed by atoms with Crippen molar-refractivity contribution in [1.82, 2.24) is 15.5 Å². The Hall–Kier alpha value is -2.74. The zero-order valence-electron chi connectivity index (χ0n) is 21.2. The molecule has 0 aliphatic carbocycles. The van der Waals surface area contributed by atoms with Crippen LogP contribution in [0.25, 0.3) is 0 Å². The number of morpholine rings is 1. The molecule has 1 atom stereocenters. The summed E-state index contributed by atoms with van der Waals surface area (Å²) < 4.78 is 5.26. The molecule has 1 aromatic rings. The lowest BCUT2D eigenvalue weighted by Crippen LogP contribution is -2.42. The van der Waals surface area contributed by atoms with Gasteiger partial charge in [-0.3, -0.25) is 14.4 Å². The van der Waals surface area contributed by atoms with Gasteiger partial charge in [0.2, 0.25) is 17.7 Å². The highest BCUT2D eigenvalue weighted by Gasteiger charge is 2.24. The molecule has 2 N–H and O–H groups in total. The van der Waals surface area contributed by atoms with Gasteiger partial charge in [0.05, 0.1) is 19.3 Å². The third-order valence-electron chi connectivity index (χ3n) is 6.12. The number of nitrogens with zero attached hydrogens (tertiary/aromatic N) is 1. The molecule has 2 rings (SSSR count). The largest absolute Gasteiger partial charge is 0.378 e. The number of aldehydes is 1. The summed E-state index contributed by atoms with van der Waals surface area (Å²) in [7, 11) is 0. The van der Waals surface area contributed by atoms with E-state index < -0.39 is 11.5 Å². The van der Waals surface area contributed by atoms with Gasteiger partial charge in [-0.1, -0.05) is 57.0 Å². The summed E-state index contributed by atoms with van der Waals surface area (Å²) in [5, 5.41) is 5.72. The summed E-state index contributed by atoms with van der Waals surface area (Å²) in [5.41, 5.74) is 0.555. The maximum atomic E-state index is 12.5. The van der Waals surface area contributed by atoms with Gasteiger partial charge in [-0.25, -0.2) is 0 Å². The first-order chi connectivity index (χ1) is 16.8. The fourth-order valence-electron chi connectivity index (χ4n) is 4.07. The zero-order chi connectivity index (χ0) is 25.5. The van der Waals surface area contributed by atoms with Gasteiger partial charge in [0.1, 0.15) is 6.29 Å². The van der Waals surface area contributed by atoms with Crippen LogP contribution in [0.15, 0.2) is 30.3 Å². The van der Waals surface area contributed by atoms with Crippen LogP contribution in [0.2, 0.25) is 0 Å². The number of rotatable bonds is 15. The molecular weight excluding hydrogens is 446 g/mol. The third kappa shape index (κ3) is 12.0. The number of benzene rings is 1. The Morgan fingerprint density at radius 3 is 2.31 bits per heavy atom. The molecule has 1 aliphatic rings. The average Bonchev–Trinajstić information content (AvgIpc) is 2.85. The van der Waals surface area contributed by atoms with Crippen molar-refractivity contribution < 1.29 is 23.9 Å². The monoisotopic (exact) mass is 487 g/mol. The van der Waals surface area contributed by atoms with Crippen molar-refractivity contribution in [3.05, 3.63) is 35.9 Å². The molecule has 8 nitrogen and oxygen atoms in total. The number of carbonyl (C=O) groups excluding carboxylic acids is 4. The van der Waals surface area contributed by atoms with Crippen LogP contribution < -0.4 is 10.6 Å². The van der Waals surface area contributed by atoms with Crippen molar-refractivity contribution >= 4 is 24.0 Å². The van der Waals surface area contributed by atoms with Crippen molar-refractivity contribution in [2.45, 2.75) is 71.3 Å². The summed E-state index contributed by atoms with van der Waals surface area (Å²) in [5.74, 6) is -0.0431. The molecule has 1 aromatic carbocycles. The number of unbranched alkanes of at least 4 members (excludes halogenated alkanes) is 3. The zero-order valence-corrected chi connectivity index (χ0v) is 21.2.